The number of amides is 1. The summed E-state index contributed by atoms with van der Waals surface area (Å²) < 4.78 is 0. The number of hydrogen-bond acceptors (Lipinski definition) is 2. The fraction of sp³-hybridized carbons (Fsp3) is 0.833. The normalized spacial score (nSPS) is 13.4. The molecule has 0 aromatic heterocycles. The molecule has 94 valence electrons. The fourth-order valence-corrected chi connectivity index (χ4v) is 0.834. The Morgan fingerprint density at radius 2 is 1.31 bits per heavy atom. The molecule has 1 amide bonds. The number of nitrogens with one attached hydrogen (secondary N) is 1. The SMILES string of the molecule is CC(C)(NC(=O)C(C)(C)C(C)(C)C)C(=O)O. The molecule has 4 heteroatoms. The molecule has 0 heterocycles. The number of hydrogen-bond donors (Lipinski definition) is 2. The molecule has 0 fully saturated rings. The van der Waals surface area contributed by atoms with Crippen LogP contribution >= 0.6 is 0 Å². The number of rotatable bonds is 3. The van der Waals surface area contributed by atoms with Gasteiger partial charge in [-0.05, 0) is 19.3 Å². The van der Waals surface area contributed by atoms with E-state index in [1.165, 1.54) is 13.8 Å². The van der Waals surface area contributed by atoms with Crippen LogP contribution in [0, 0.1) is 10.8 Å². The molecule has 0 spiro atoms. The van der Waals surface area contributed by atoms with Crippen molar-refractivity contribution in [1.29, 1.82) is 0 Å². The minimum Gasteiger partial charge on any atom is -0.480 e. The average molecular weight is 229 g/mol. The number of carbonyl (C=O) groups is 2. The molecule has 0 radical (unpaired) electrons. The first kappa shape index (κ1) is 14.9. The van der Waals surface area contributed by atoms with Gasteiger partial charge in [-0.1, -0.05) is 34.6 Å². The van der Waals surface area contributed by atoms with Gasteiger partial charge in [0.15, 0.2) is 0 Å². The van der Waals surface area contributed by atoms with Gasteiger partial charge in [-0.25, -0.2) is 4.79 Å². The van der Waals surface area contributed by atoms with Gasteiger partial charge in [0.05, 0.1) is 0 Å². The number of carbonyl (C=O) groups excluding carboxylic acids is 1. The zero-order chi connectivity index (χ0) is 13.4. The molecule has 0 aliphatic rings. The molecule has 0 aliphatic heterocycles. The third-order valence-electron chi connectivity index (χ3n) is 3.40. The van der Waals surface area contributed by atoms with E-state index in [1.807, 2.05) is 34.6 Å². The second-order valence-electron chi connectivity index (χ2n) is 6.26. The Morgan fingerprint density at radius 1 is 0.938 bits per heavy atom. The Kier molecular flexibility index (Phi) is 3.80. The Bertz CT molecular complexity index is 298. The molecule has 0 aromatic carbocycles. The number of carboxylic acid groups (broad SMARTS) is 1. The Morgan fingerprint density at radius 3 is 1.56 bits per heavy atom. The molecule has 4 nitrogen and oxygen atoms in total. The average Bonchev–Trinajstić information content (AvgIpc) is 2.00. The van der Waals surface area contributed by atoms with E-state index in [0.717, 1.165) is 0 Å². The summed E-state index contributed by atoms with van der Waals surface area (Å²) in [6.45, 7) is 12.5. The van der Waals surface area contributed by atoms with Crippen LogP contribution in [0.25, 0.3) is 0 Å². The molecular formula is C12H23NO3. The van der Waals surface area contributed by atoms with Crippen molar-refractivity contribution in [3.05, 3.63) is 0 Å². The largest absolute Gasteiger partial charge is 0.480 e. The van der Waals surface area contributed by atoms with Gasteiger partial charge >= 0.3 is 5.97 Å². The minimum atomic E-state index is -1.24. The molecule has 2 N–H and O–H groups in total. The molecule has 0 aliphatic carbocycles. The smallest absolute Gasteiger partial charge is 0.328 e. The van der Waals surface area contributed by atoms with Crippen LogP contribution in [0.5, 0.6) is 0 Å². The van der Waals surface area contributed by atoms with E-state index in [2.05, 4.69) is 5.32 Å². The maximum atomic E-state index is 12.1. The van der Waals surface area contributed by atoms with Gasteiger partial charge in [0.1, 0.15) is 5.54 Å². The van der Waals surface area contributed by atoms with E-state index in [1.54, 1.807) is 0 Å². The Balaban J connectivity index is 4.92. The summed E-state index contributed by atoms with van der Waals surface area (Å²) in [4.78, 5) is 23.0. The van der Waals surface area contributed by atoms with E-state index < -0.39 is 16.9 Å². The monoisotopic (exact) mass is 229 g/mol. The van der Waals surface area contributed by atoms with Gasteiger partial charge < -0.3 is 10.4 Å². The Labute approximate surface area is 97.4 Å². The highest BCUT2D eigenvalue weighted by molar-refractivity contribution is 5.89. The molecule has 0 bridgehead atoms. The van der Waals surface area contributed by atoms with Crippen LogP contribution < -0.4 is 5.32 Å². The number of carboxylic acids is 1. The maximum absolute atomic E-state index is 12.1. The van der Waals surface area contributed by atoms with Gasteiger partial charge in [0.25, 0.3) is 0 Å². The second kappa shape index (κ2) is 4.07. The summed E-state index contributed by atoms with van der Waals surface area (Å²) >= 11 is 0. The van der Waals surface area contributed by atoms with Gasteiger partial charge in [-0.2, -0.15) is 0 Å². The summed E-state index contributed by atoms with van der Waals surface area (Å²) in [7, 11) is 0. The summed E-state index contributed by atoms with van der Waals surface area (Å²) in [5, 5.41) is 11.5. The van der Waals surface area contributed by atoms with Gasteiger partial charge in [0.2, 0.25) is 5.91 Å². The van der Waals surface area contributed by atoms with Crippen LogP contribution in [0.15, 0.2) is 0 Å². The topological polar surface area (TPSA) is 66.4 Å². The zero-order valence-electron chi connectivity index (χ0n) is 11.3. The molecule has 0 atom stereocenters. The molecule has 0 unspecified atom stereocenters. The van der Waals surface area contributed by atoms with Crippen LogP contribution in [0.4, 0.5) is 0 Å². The van der Waals surface area contributed by atoms with Crippen molar-refractivity contribution in [2.24, 2.45) is 10.8 Å². The van der Waals surface area contributed by atoms with Crippen LogP contribution in [-0.2, 0) is 9.59 Å². The molecule has 0 rings (SSSR count). The summed E-state index contributed by atoms with van der Waals surface area (Å²) in [6.07, 6.45) is 0. The first-order valence-corrected chi connectivity index (χ1v) is 5.38. The number of aliphatic carboxylic acids is 1. The first-order valence-electron chi connectivity index (χ1n) is 5.38. The summed E-state index contributed by atoms with van der Waals surface area (Å²) in [5.74, 6) is -1.28. The van der Waals surface area contributed by atoms with E-state index in [4.69, 9.17) is 5.11 Å². The third-order valence-corrected chi connectivity index (χ3v) is 3.40. The third kappa shape index (κ3) is 2.97. The highest BCUT2D eigenvalue weighted by atomic mass is 16.4. The maximum Gasteiger partial charge on any atom is 0.328 e. The van der Waals surface area contributed by atoms with Crippen molar-refractivity contribution in [3.8, 4) is 0 Å². The van der Waals surface area contributed by atoms with Crippen LogP contribution in [0.2, 0.25) is 0 Å². The lowest BCUT2D eigenvalue weighted by molar-refractivity contribution is -0.149. The van der Waals surface area contributed by atoms with E-state index in [0.29, 0.717) is 0 Å². The Hall–Kier alpha value is -1.06. The van der Waals surface area contributed by atoms with Crippen LogP contribution in [0.1, 0.15) is 48.5 Å². The quantitative estimate of drug-likeness (QED) is 0.778. The van der Waals surface area contributed by atoms with Crippen molar-refractivity contribution in [3.63, 3.8) is 0 Å². The van der Waals surface area contributed by atoms with Crippen LogP contribution in [0.3, 0.4) is 0 Å². The van der Waals surface area contributed by atoms with Crippen molar-refractivity contribution in [1.82, 2.24) is 5.32 Å². The predicted molar refractivity (Wildman–Crippen MR) is 63.1 cm³/mol. The highest BCUT2D eigenvalue weighted by Gasteiger charge is 2.42. The summed E-state index contributed by atoms with van der Waals surface area (Å²) in [6, 6.07) is 0. The lowest BCUT2D eigenvalue weighted by Crippen LogP contribution is -2.56. The molecule has 16 heavy (non-hydrogen) atoms. The van der Waals surface area contributed by atoms with Gasteiger partial charge in [-0.15, -0.1) is 0 Å². The lowest BCUT2D eigenvalue weighted by atomic mass is 9.68. The highest BCUT2D eigenvalue weighted by Crippen LogP contribution is 2.38. The molecule has 0 aromatic rings. The second-order valence-corrected chi connectivity index (χ2v) is 6.26. The van der Waals surface area contributed by atoms with Gasteiger partial charge in [-0.3, -0.25) is 4.79 Å². The van der Waals surface area contributed by atoms with Crippen LogP contribution in [-0.4, -0.2) is 22.5 Å². The fourth-order valence-electron chi connectivity index (χ4n) is 0.834. The molecule has 0 saturated carbocycles. The van der Waals surface area contributed by atoms with E-state index in [9.17, 15) is 9.59 Å². The summed E-state index contributed by atoms with van der Waals surface area (Å²) in [5.41, 5.74) is -2.09. The minimum absolute atomic E-state index is 0.230. The van der Waals surface area contributed by atoms with Crippen molar-refractivity contribution in [2.45, 2.75) is 54.0 Å². The van der Waals surface area contributed by atoms with Crippen molar-refractivity contribution >= 4 is 11.9 Å². The standard InChI is InChI=1S/C12H23NO3/c1-10(2,3)11(4,5)8(14)13-12(6,7)9(15)16/h1-7H3,(H,13,14)(H,15,16). The van der Waals surface area contributed by atoms with Gasteiger partial charge in [0, 0.05) is 5.41 Å². The molecular weight excluding hydrogens is 206 g/mol. The molecule has 0 saturated heterocycles. The van der Waals surface area contributed by atoms with Crippen molar-refractivity contribution < 1.29 is 14.7 Å². The van der Waals surface area contributed by atoms with Crippen molar-refractivity contribution in [2.75, 3.05) is 0 Å². The van der Waals surface area contributed by atoms with E-state index in [-0.39, 0.29) is 11.3 Å². The zero-order valence-corrected chi connectivity index (χ0v) is 11.3. The predicted octanol–water partition coefficient (Wildman–Crippen LogP) is 2.04. The van der Waals surface area contributed by atoms with E-state index >= 15 is 0 Å². The first-order chi connectivity index (χ1) is 6.82. The lowest BCUT2D eigenvalue weighted by Gasteiger charge is -2.39.